The number of nitrogens with two attached hydrogens (primary N) is 2. The molecule has 2 rings (SSSR count). The molecule has 0 aliphatic carbocycles. The Hall–Kier alpha value is -1.17. The molecule has 0 radical (unpaired) electrons. The number of rotatable bonds is 3. The Bertz CT molecular complexity index is 395. The first-order valence-electron chi connectivity index (χ1n) is 6.42. The van der Waals surface area contributed by atoms with Crippen molar-refractivity contribution in [3.63, 3.8) is 0 Å². The van der Waals surface area contributed by atoms with Crippen LogP contribution in [0.3, 0.4) is 0 Å². The van der Waals surface area contributed by atoms with Crippen LogP contribution in [0.15, 0.2) is 18.3 Å². The molecule has 5 heteroatoms. The normalized spacial score (nSPS) is 24.1. The van der Waals surface area contributed by atoms with Gasteiger partial charge in [0.25, 0.3) is 0 Å². The summed E-state index contributed by atoms with van der Waals surface area (Å²) in [6, 6.07) is 4.30. The van der Waals surface area contributed by atoms with E-state index in [4.69, 9.17) is 11.5 Å². The first-order chi connectivity index (χ1) is 8.58. The molecule has 1 aromatic heterocycles. The van der Waals surface area contributed by atoms with E-state index in [1.807, 2.05) is 12.1 Å². The highest BCUT2D eigenvalue weighted by Crippen LogP contribution is 2.23. The molecule has 4 N–H and O–H groups in total. The van der Waals surface area contributed by atoms with E-state index in [0.29, 0.717) is 11.9 Å². The fourth-order valence-electron chi connectivity index (χ4n) is 2.52. The fourth-order valence-corrected chi connectivity index (χ4v) is 2.52. The van der Waals surface area contributed by atoms with E-state index < -0.39 is 0 Å². The summed E-state index contributed by atoms with van der Waals surface area (Å²) in [5.41, 5.74) is 13.1. The standard InChI is InChI=1S/C13H23N5/c1-17-6-7-18(2)10(9-17)8-12(14)11-4-3-5-16-13(11)15/h3-5,10,12H,6-9,14H2,1-2H3,(H2,15,16). The molecule has 2 unspecified atom stereocenters. The Morgan fingerprint density at radius 1 is 1.44 bits per heavy atom. The van der Waals surface area contributed by atoms with Crippen molar-refractivity contribution in [2.45, 2.75) is 18.5 Å². The maximum absolute atomic E-state index is 6.27. The van der Waals surface area contributed by atoms with E-state index in [0.717, 1.165) is 31.6 Å². The van der Waals surface area contributed by atoms with E-state index in [2.05, 4.69) is 28.9 Å². The number of aromatic nitrogens is 1. The molecule has 18 heavy (non-hydrogen) atoms. The summed E-state index contributed by atoms with van der Waals surface area (Å²) in [6.45, 7) is 3.28. The predicted molar refractivity (Wildman–Crippen MR) is 74.1 cm³/mol. The van der Waals surface area contributed by atoms with Gasteiger partial charge in [-0.3, -0.25) is 0 Å². The van der Waals surface area contributed by atoms with Gasteiger partial charge in [0.1, 0.15) is 5.82 Å². The number of pyridine rings is 1. The van der Waals surface area contributed by atoms with Gasteiger partial charge in [0.2, 0.25) is 0 Å². The Morgan fingerprint density at radius 2 is 2.22 bits per heavy atom. The lowest BCUT2D eigenvalue weighted by atomic mass is 9.98. The summed E-state index contributed by atoms with van der Waals surface area (Å²) in [5.74, 6) is 0.553. The van der Waals surface area contributed by atoms with Crippen LogP contribution in [-0.2, 0) is 0 Å². The number of hydrogen-bond acceptors (Lipinski definition) is 5. The summed E-state index contributed by atoms with van der Waals surface area (Å²) in [5, 5.41) is 0. The highest BCUT2D eigenvalue weighted by Gasteiger charge is 2.25. The molecule has 0 spiro atoms. The average Bonchev–Trinajstić information content (AvgIpc) is 2.34. The molecule has 2 atom stereocenters. The minimum absolute atomic E-state index is 0.0438. The van der Waals surface area contributed by atoms with E-state index in [9.17, 15) is 0 Å². The van der Waals surface area contributed by atoms with Crippen molar-refractivity contribution >= 4 is 5.82 Å². The Labute approximate surface area is 109 Å². The predicted octanol–water partition coefficient (Wildman–Crippen LogP) is 0.300. The van der Waals surface area contributed by atoms with Crippen molar-refractivity contribution in [3.8, 4) is 0 Å². The maximum Gasteiger partial charge on any atom is 0.128 e. The largest absolute Gasteiger partial charge is 0.383 e. The molecule has 5 nitrogen and oxygen atoms in total. The zero-order valence-corrected chi connectivity index (χ0v) is 11.2. The second-order valence-corrected chi connectivity index (χ2v) is 5.22. The molecule has 100 valence electrons. The minimum atomic E-state index is -0.0438. The van der Waals surface area contributed by atoms with Gasteiger partial charge in [-0.2, -0.15) is 0 Å². The molecule has 1 aliphatic heterocycles. The van der Waals surface area contributed by atoms with Crippen molar-refractivity contribution in [2.24, 2.45) is 5.73 Å². The van der Waals surface area contributed by atoms with Gasteiger partial charge in [-0.15, -0.1) is 0 Å². The second-order valence-electron chi connectivity index (χ2n) is 5.22. The van der Waals surface area contributed by atoms with Crippen LogP contribution in [-0.4, -0.2) is 54.6 Å². The van der Waals surface area contributed by atoms with Gasteiger partial charge in [0, 0.05) is 43.5 Å². The van der Waals surface area contributed by atoms with Crippen molar-refractivity contribution in [2.75, 3.05) is 39.5 Å². The van der Waals surface area contributed by atoms with Gasteiger partial charge in [-0.05, 0) is 26.6 Å². The van der Waals surface area contributed by atoms with Crippen molar-refractivity contribution < 1.29 is 0 Å². The number of nitrogens with zero attached hydrogens (tertiary/aromatic N) is 3. The van der Waals surface area contributed by atoms with Gasteiger partial charge in [-0.1, -0.05) is 6.07 Å². The third kappa shape index (κ3) is 2.98. The first-order valence-corrected chi connectivity index (χ1v) is 6.42. The quantitative estimate of drug-likeness (QED) is 0.806. The van der Waals surface area contributed by atoms with Crippen LogP contribution >= 0.6 is 0 Å². The summed E-state index contributed by atoms with van der Waals surface area (Å²) in [7, 11) is 4.32. The maximum atomic E-state index is 6.27. The van der Waals surface area contributed by atoms with Crippen molar-refractivity contribution in [3.05, 3.63) is 23.9 Å². The van der Waals surface area contributed by atoms with Crippen molar-refractivity contribution in [1.29, 1.82) is 0 Å². The van der Waals surface area contributed by atoms with Crippen LogP contribution in [0.4, 0.5) is 5.82 Å². The molecule has 1 aliphatic rings. The molecule has 0 amide bonds. The smallest absolute Gasteiger partial charge is 0.128 e. The van der Waals surface area contributed by atoms with Gasteiger partial charge in [0.05, 0.1) is 0 Å². The lowest BCUT2D eigenvalue weighted by molar-refractivity contribution is 0.104. The number of hydrogen-bond donors (Lipinski definition) is 2. The van der Waals surface area contributed by atoms with E-state index in [-0.39, 0.29) is 6.04 Å². The van der Waals surface area contributed by atoms with Crippen LogP contribution in [0, 0.1) is 0 Å². The van der Waals surface area contributed by atoms with Crippen molar-refractivity contribution in [1.82, 2.24) is 14.8 Å². The van der Waals surface area contributed by atoms with Gasteiger partial charge in [-0.25, -0.2) is 4.98 Å². The Morgan fingerprint density at radius 3 is 2.94 bits per heavy atom. The molecule has 1 saturated heterocycles. The molecule has 2 heterocycles. The van der Waals surface area contributed by atoms with Crippen LogP contribution in [0.25, 0.3) is 0 Å². The topological polar surface area (TPSA) is 71.4 Å². The zero-order chi connectivity index (χ0) is 13.1. The van der Waals surface area contributed by atoms with Gasteiger partial charge >= 0.3 is 0 Å². The summed E-state index contributed by atoms with van der Waals surface area (Å²) < 4.78 is 0. The Kier molecular flexibility index (Phi) is 4.16. The molecular weight excluding hydrogens is 226 g/mol. The number of piperazine rings is 1. The second kappa shape index (κ2) is 5.65. The Balaban J connectivity index is 2.02. The zero-order valence-electron chi connectivity index (χ0n) is 11.2. The molecule has 0 bridgehead atoms. The molecule has 1 aromatic rings. The summed E-state index contributed by atoms with van der Waals surface area (Å²) >= 11 is 0. The van der Waals surface area contributed by atoms with E-state index >= 15 is 0 Å². The van der Waals surface area contributed by atoms with Crippen LogP contribution in [0.5, 0.6) is 0 Å². The van der Waals surface area contributed by atoms with E-state index in [1.54, 1.807) is 6.20 Å². The molecule has 1 fully saturated rings. The minimum Gasteiger partial charge on any atom is -0.383 e. The average molecular weight is 249 g/mol. The van der Waals surface area contributed by atoms with Crippen LogP contribution in [0.2, 0.25) is 0 Å². The van der Waals surface area contributed by atoms with Gasteiger partial charge < -0.3 is 21.3 Å². The monoisotopic (exact) mass is 249 g/mol. The first kappa shape index (κ1) is 13.3. The molecule has 0 aromatic carbocycles. The number of likely N-dealkylation sites (N-methyl/N-ethyl adjacent to an activating group) is 2. The SMILES string of the molecule is CN1CCN(C)C(CC(N)c2cccnc2N)C1. The summed E-state index contributed by atoms with van der Waals surface area (Å²) in [4.78, 5) is 8.83. The number of nitrogen functional groups attached to an aromatic ring is 1. The summed E-state index contributed by atoms with van der Waals surface area (Å²) in [6.07, 6.45) is 2.61. The highest BCUT2D eigenvalue weighted by atomic mass is 15.3. The third-order valence-electron chi connectivity index (χ3n) is 3.78. The third-order valence-corrected chi connectivity index (χ3v) is 3.78. The van der Waals surface area contributed by atoms with E-state index in [1.165, 1.54) is 0 Å². The lowest BCUT2D eigenvalue weighted by Crippen LogP contribution is -2.50. The highest BCUT2D eigenvalue weighted by molar-refractivity contribution is 5.40. The van der Waals surface area contributed by atoms with Crippen LogP contribution in [0.1, 0.15) is 18.0 Å². The fraction of sp³-hybridized carbons (Fsp3) is 0.615. The lowest BCUT2D eigenvalue weighted by Gasteiger charge is -2.38. The molecular formula is C13H23N5. The van der Waals surface area contributed by atoms with Crippen LogP contribution < -0.4 is 11.5 Å². The van der Waals surface area contributed by atoms with Gasteiger partial charge in [0.15, 0.2) is 0 Å². The molecule has 0 saturated carbocycles. The number of anilines is 1.